The van der Waals surface area contributed by atoms with Crippen LogP contribution in [-0.4, -0.2) is 51.2 Å². The van der Waals surface area contributed by atoms with Gasteiger partial charge in [-0.1, -0.05) is 0 Å². The van der Waals surface area contributed by atoms with Crippen LogP contribution < -0.4 is 0 Å². The van der Waals surface area contributed by atoms with E-state index in [0.717, 1.165) is 0 Å². The highest BCUT2D eigenvalue weighted by Gasteiger charge is 2.21. The lowest BCUT2D eigenvalue weighted by Gasteiger charge is -2.22. The van der Waals surface area contributed by atoms with Crippen LogP contribution in [0.15, 0.2) is 0 Å². The van der Waals surface area contributed by atoms with Crippen LogP contribution in [0, 0.1) is 0 Å². The molecular weight excluding hydrogens is 224 g/mol. The number of hydrogen-bond donors (Lipinski definition) is 0. The van der Waals surface area contributed by atoms with E-state index in [2.05, 4.69) is 0 Å². The van der Waals surface area contributed by atoms with Gasteiger partial charge in [0, 0.05) is 7.11 Å². The summed E-state index contributed by atoms with van der Waals surface area (Å²) in [6.07, 6.45) is -0.569. The van der Waals surface area contributed by atoms with Gasteiger partial charge >= 0.3 is 5.97 Å². The first kappa shape index (κ1) is 16.4. The van der Waals surface area contributed by atoms with Gasteiger partial charge in [-0.2, -0.15) is 0 Å². The molecule has 1 unspecified atom stereocenters. The molecule has 0 aromatic heterocycles. The zero-order valence-corrected chi connectivity index (χ0v) is 11.4. The van der Waals surface area contributed by atoms with Crippen molar-refractivity contribution in [3.63, 3.8) is 0 Å². The van der Waals surface area contributed by atoms with Gasteiger partial charge < -0.3 is 18.9 Å². The molecule has 0 radical (unpaired) electrons. The third-order valence-electron chi connectivity index (χ3n) is 1.77. The van der Waals surface area contributed by atoms with E-state index in [-0.39, 0.29) is 5.97 Å². The summed E-state index contributed by atoms with van der Waals surface area (Å²) in [5, 5.41) is 0. The first-order chi connectivity index (χ1) is 7.87. The van der Waals surface area contributed by atoms with Crippen LogP contribution in [0.2, 0.25) is 0 Å². The summed E-state index contributed by atoms with van der Waals surface area (Å²) >= 11 is 0. The van der Waals surface area contributed by atoms with Crippen molar-refractivity contribution in [2.45, 2.75) is 39.4 Å². The average molecular weight is 248 g/mol. The number of esters is 1. The maximum atomic E-state index is 11.5. The number of methoxy groups -OCH3 is 1. The number of carbonyl (C=O) groups excluding carboxylic acids is 1. The smallest absolute Gasteiger partial charge is 0.335 e. The van der Waals surface area contributed by atoms with Crippen molar-refractivity contribution in [2.24, 2.45) is 0 Å². The Morgan fingerprint density at radius 3 is 2.24 bits per heavy atom. The summed E-state index contributed by atoms with van der Waals surface area (Å²) in [6.45, 7) is 9.04. The van der Waals surface area contributed by atoms with Gasteiger partial charge in [0.1, 0.15) is 5.60 Å². The first-order valence-corrected chi connectivity index (χ1v) is 5.78. The van der Waals surface area contributed by atoms with Crippen molar-refractivity contribution >= 4 is 5.97 Å². The molecule has 0 rings (SSSR count). The zero-order chi connectivity index (χ0) is 13.3. The largest absolute Gasteiger partial charge is 0.458 e. The third kappa shape index (κ3) is 10.2. The number of ether oxygens (including phenoxy) is 4. The lowest BCUT2D eigenvalue weighted by Crippen LogP contribution is -2.32. The molecule has 17 heavy (non-hydrogen) atoms. The SMILES string of the molecule is COCCOCCOC(C)C(=O)OC(C)(C)C. The van der Waals surface area contributed by atoms with E-state index in [4.69, 9.17) is 18.9 Å². The molecular formula is C12H24O5. The topological polar surface area (TPSA) is 54.0 Å². The van der Waals surface area contributed by atoms with Crippen LogP contribution in [0.5, 0.6) is 0 Å². The van der Waals surface area contributed by atoms with E-state index in [1.165, 1.54) is 0 Å². The molecule has 0 fully saturated rings. The Kier molecular flexibility index (Phi) is 8.12. The van der Waals surface area contributed by atoms with Gasteiger partial charge in [0.05, 0.1) is 26.4 Å². The highest BCUT2D eigenvalue weighted by Crippen LogP contribution is 2.09. The van der Waals surface area contributed by atoms with E-state index >= 15 is 0 Å². The van der Waals surface area contributed by atoms with Crippen molar-refractivity contribution in [1.29, 1.82) is 0 Å². The van der Waals surface area contributed by atoms with Crippen LogP contribution in [-0.2, 0) is 23.7 Å². The fourth-order valence-electron chi connectivity index (χ4n) is 0.981. The van der Waals surface area contributed by atoms with Crippen molar-refractivity contribution in [2.75, 3.05) is 33.5 Å². The minimum Gasteiger partial charge on any atom is -0.458 e. The van der Waals surface area contributed by atoms with Gasteiger partial charge in [-0.3, -0.25) is 0 Å². The van der Waals surface area contributed by atoms with Crippen molar-refractivity contribution in [3.05, 3.63) is 0 Å². The van der Waals surface area contributed by atoms with Crippen LogP contribution >= 0.6 is 0 Å². The number of carbonyl (C=O) groups is 1. The quantitative estimate of drug-likeness (QED) is 0.480. The summed E-state index contributed by atoms with van der Waals surface area (Å²) in [6, 6.07) is 0. The van der Waals surface area contributed by atoms with Crippen LogP contribution in [0.1, 0.15) is 27.7 Å². The van der Waals surface area contributed by atoms with Gasteiger partial charge in [-0.15, -0.1) is 0 Å². The zero-order valence-electron chi connectivity index (χ0n) is 11.4. The van der Waals surface area contributed by atoms with E-state index in [9.17, 15) is 4.79 Å². The predicted molar refractivity (Wildman–Crippen MR) is 64.0 cm³/mol. The maximum absolute atomic E-state index is 11.5. The van der Waals surface area contributed by atoms with Crippen molar-refractivity contribution in [1.82, 2.24) is 0 Å². The highest BCUT2D eigenvalue weighted by molar-refractivity contribution is 5.74. The summed E-state index contributed by atoms with van der Waals surface area (Å²) in [4.78, 5) is 11.5. The summed E-state index contributed by atoms with van der Waals surface area (Å²) in [5.74, 6) is -0.352. The molecule has 0 spiro atoms. The molecule has 0 aliphatic rings. The molecule has 0 saturated heterocycles. The number of hydrogen-bond acceptors (Lipinski definition) is 5. The Hall–Kier alpha value is -0.650. The molecule has 102 valence electrons. The molecule has 5 heteroatoms. The van der Waals surface area contributed by atoms with Gasteiger partial charge in [0.2, 0.25) is 0 Å². The molecule has 5 nitrogen and oxygen atoms in total. The van der Waals surface area contributed by atoms with Crippen LogP contribution in [0.25, 0.3) is 0 Å². The molecule has 0 bridgehead atoms. The maximum Gasteiger partial charge on any atom is 0.335 e. The Balaban J connectivity index is 3.58. The lowest BCUT2D eigenvalue weighted by molar-refractivity contribution is -0.168. The van der Waals surface area contributed by atoms with Gasteiger partial charge in [-0.25, -0.2) is 4.79 Å². The molecule has 0 aliphatic heterocycles. The van der Waals surface area contributed by atoms with E-state index in [1.54, 1.807) is 14.0 Å². The second-order valence-corrected chi connectivity index (χ2v) is 4.65. The molecule has 1 atom stereocenters. The molecule has 0 saturated carbocycles. The van der Waals surface area contributed by atoms with Gasteiger partial charge in [0.15, 0.2) is 6.10 Å². The van der Waals surface area contributed by atoms with E-state index in [1.807, 2.05) is 20.8 Å². The standard InChI is InChI=1S/C12H24O5/c1-10(11(13)17-12(2,3)4)16-9-8-15-7-6-14-5/h10H,6-9H2,1-5H3. The Morgan fingerprint density at radius 2 is 1.71 bits per heavy atom. The Labute approximate surface area is 103 Å². The van der Waals surface area contributed by atoms with E-state index in [0.29, 0.717) is 26.4 Å². The van der Waals surface area contributed by atoms with Crippen molar-refractivity contribution in [3.8, 4) is 0 Å². The van der Waals surface area contributed by atoms with Crippen molar-refractivity contribution < 1.29 is 23.7 Å². The fraction of sp³-hybridized carbons (Fsp3) is 0.917. The second kappa shape index (κ2) is 8.44. The van der Waals surface area contributed by atoms with Crippen LogP contribution in [0.4, 0.5) is 0 Å². The molecule has 0 aromatic rings. The summed E-state index contributed by atoms with van der Waals surface area (Å²) in [7, 11) is 1.62. The lowest BCUT2D eigenvalue weighted by atomic mass is 10.2. The first-order valence-electron chi connectivity index (χ1n) is 5.78. The average Bonchev–Trinajstić information content (AvgIpc) is 2.20. The molecule has 0 aromatic carbocycles. The van der Waals surface area contributed by atoms with Crippen LogP contribution in [0.3, 0.4) is 0 Å². The van der Waals surface area contributed by atoms with E-state index < -0.39 is 11.7 Å². The number of rotatable bonds is 8. The predicted octanol–water partition coefficient (Wildman–Crippen LogP) is 1.40. The summed E-state index contributed by atoms with van der Waals surface area (Å²) < 4.78 is 20.5. The Morgan fingerprint density at radius 1 is 1.12 bits per heavy atom. The third-order valence-corrected chi connectivity index (χ3v) is 1.77. The van der Waals surface area contributed by atoms with Gasteiger partial charge in [0.25, 0.3) is 0 Å². The monoisotopic (exact) mass is 248 g/mol. The molecule has 0 N–H and O–H groups in total. The molecule has 0 aliphatic carbocycles. The van der Waals surface area contributed by atoms with Gasteiger partial charge in [-0.05, 0) is 27.7 Å². The molecule has 0 heterocycles. The fourth-order valence-corrected chi connectivity index (χ4v) is 0.981. The molecule has 0 amide bonds. The second-order valence-electron chi connectivity index (χ2n) is 4.65. The highest BCUT2D eigenvalue weighted by atomic mass is 16.6. The minimum atomic E-state index is -0.569. The minimum absolute atomic E-state index is 0.352. The Bertz CT molecular complexity index is 209. The summed E-state index contributed by atoms with van der Waals surface area (Å²) in [5.41, 5.74) is -0.482. The normalized spacial score (nSPS) is 13.5.